The molecule has 1 aromatic carbocycles. The van der Waals surface area contributed by atoms with E-state index in [2.05, 4.69) is 4.90 Å². The minimum Gasteiger partial charge on any atom is -0.379 e. The van der Waals surface area contributed by atoms with Crippen molar-refractivity contribution in [3.63, 3.8) is 0 Å². The van der Waals surface area contributed by atoms with Crippen LogP contribution in [0.5, 0.6) is 0 Å². The molecule has 0 aliphatic carbocycles. The molecular weight excluding hydrogens is 328 g/mol. The average Bonchev–Trinajstić information content (AvgIpc) is 2.81. The minimum absolute atomic E-state index is 0.0777. The summed E-state index contributed by atoms with van der Waals surface area (Å²) in [5, 5.41) is 0.671. The van der Waals surface area contributed by atoms with Gasteiger partial charge in [0, 0.05) is 44.4 Å². The zero-order chi connectivity index (χ0) is 16.8. The molecule has 6 heteroatoms. The summed E-state index contributed by atoms with van der Waals surface area (Å²) in [6.45, 7) is 6.46. The van der Waals surface area contributed by atoms with Gasteiger partial charge in [-0.1, -0.05) is 23.7 Å². The van der Waals surface area contributed by atoms with E-state index >= 15 is 0 Å². The van der Waals surface area contributed by atoms with Crippen molar-refractivity contribution in [2.75, 3.05) is 52.5 Å². The van der Waals surface area contributed by atoms with Crippen LogP contribution >= 0.6 is 11.6 Å². The van der Waals surface area contributed by atoms with Gasteiger partial charge in [0.05, 0.1) is 25.7 Å². The first-order valence-electron chi connectivity index (χ1n) is 8.64. The highest BCUT2D eigenvalue weighted by atomic mass is 35.5. The summed E-state index contributed by atoms with van der Waals surface area (Å²) in [6.07, 6.45) is 1.36. The van der Waals surface area contributed by atoms with Gasteiger partial charge in [0.15, 0.2) is 0 Å². The van der Waals surface area contributed by atoms with Crippen LogP contribution in [0.25, 0.3) is 0 Å². The van der Waals surface area contributed by atoms with E-state index in [-0.39, 0.29) is 12.0 Å². The van der Waals surface area contributed by atoms with E-state index in [0.29, 0.717) is 18.0 Å². The molecule has 2 aliphatic heterocycles. The molecule has 0 radical (unpaired) electrons. The SMILES string of the molecule is O=C(Cc1cccc(Cl)c1)N1CCCOC(CN2CCOCC2)C1. The van der Waals surface area contributed by atoms with Crippen LogP contribution in [-0.4, -0.2) is 74.4 Å². The lowest BCUT2D eigenvalue weighted by atomic mass is 10.1. The van der Waals surface area contributed by atoms with Crippen molar-refractivity contribution in [3.8, 4) is 0 Å². The first-order chi connectivity index (χ1) is 11.7. The first kappa shape index (κ1) is 17.7. The predicted octanol–water partition coefficient (Wildman–Crippen LogP) is 1.83. The first-order valence-corrected chi connectivity index (χ1v) is 9.02. The van der Waals surface area contributed by atoms with Crippen molar-refractivity contribution in [3.05, 3.63) is 34.9 Å². The molecule has 5 nitrogen and oxygen atoms in total. The topological polar surface area (TPSA) is 42.0 Å². The maximum atomic E-state index is 12.7. The highest BCUT2D eigenvalue weighted by molar-refractivity contribution is 6.30. The molecule has 2 fully saturated rings. The highest BCUT2D eigenvalue weighted by Crippen LogP contribution is 2.14. The summed E-state index contributed by atoms with van der Waals surface area (Å²) in [7, 11) is 0. The van der Waals surface area contributed by atoms with Gasteiger partial charge in [-0.3, -0.25) is 9.69 Å². The Bertz CT molecular complexity index is 549. The number of benzene rings is 1. The van der Waals surface area contributed by atoms with E-state index < -0.39 is 0 Å². The third-order valence-corrected chi connectivity index (χ3v) is 4.75. The fourth-order valence-electron chi connectivity index (χ4n) is 3.24. The highest BCUT2D eigenvalue weighted by Gasteiger charge is 2.25. The van der Waals surface area contributed by atoms with Crippen molar-refractivity contribution < 1.29 is 14.3 Å². The number of ether oxygens (including phenoxy) is 2. The Morgan fingerprint density at radius 1 is 1.21 bits per heavy atom. The number of hydrogen-bond donors (Lipinski definition) is 0. The monoisotopic (exact) mass is 352 g/mol. The quantitative estimate of drug-likeness (QED) is 0.829. The van der Waals surface area contributed by atoms with Crippen LogP contribution in [-0.2, 0) is 20.7 Å². The number of nitrogens with zero attached hydrogens (tertiary/aromatic N) is 2. The van der Waals surface area contributed by atoms with Crippen LogP contribution in [0.3, 0.4) is 0 Å². The summed E-state index contributed by atoms with van der Waals surface area (Å²) < 4.78 is 11.3. The normalized spacial score (nSPS) is 23.0. The Labute approximate surface area is 148 Å². The van der Waals surface area contributed by atoms with Gasteiger partial charge in [-0.25, -0.2) is 0 Å². The molecule has 2 saturated heterocycles. The molecule has 0 spiro atoms. The molecule has 0 saturated carbocycles. The van der Waals surface area contributed by atoms with Crippen LogP contribution in [0.2, 0.25) is 5.02 Å². The maximum Gasteiger partial charge on any atom is 0.227 e. The standard InChI is InChI=1S/C18H25ClN2O3/c19-16-4-1-3-15(11-16)12-18(22)21-5-2-8-24-17(14-21)13-20-6-9-23-10-7-20/h1,3-4,11,17H,2,5-10,12-14H2. The van der Waals surface area contributed by atoms with Crippen molar-refractivity contribution in [1.82, 2.24) is 9.80 Å². The molecule has 1 atom stereocenters. The molecule has 0 N–H and O–H groups in total. The number of rotatable bonds is 4. The lowest BCUT2D eigenvalue weighted by Crippen LogP contribution is -2.46. The number of carbonyl (C=O) groups is 1. The number of carbonyl (C=O) groups excluding carboxylic acids is 1. The van der Waals surface area contributed by atoms with Crippen molar-refractivity contribution in [2.24, 2.45) is 0 Å². The largest absolute Gasteiger partial charge is 0.379 e. The zero-order valence-corrected chi connectivity index (χ0v) is 14.7. The fraction of sp³-hybridized carbons (Fsp3) is 0.611. The van der Waals surface area contributed by atoms with E-state index in [9.17, 15) is 4.79 Å². The van der Waals surface area contributed by atoms with Crippen molar-refractivity contribution in [1.29, 1.82) is 0 Å². The lowest BCUT2D eigenvalue weighted by molar-refractivity contribution is -0.131. The van der Waals surface area contributed by atoms with Gasteiger partial charge in [-0.05, 0) is 24.1 Å². The van der Waals surface area contributed by atoms with Gasteiger partial charge in [-0.2, -0.15) is 0 Å². The van der Waals surface area contributed by atoms with Gasteiger partial charge in [-0.15, -0.1) is 0 Å². The van der Waals surface area contributed by atoms with E-state index in [1.54, 1.807) is 0 Å². The van der Waals surface area contributed by atoms with E-state index in [0.717, 1.165) is 58.0 Å². The van der Waals surface area contributed by atoms with Gasteiger partial charge in [0.1, 0.15) is 0 Å². The Kier molecular flexibility index (Phi) is 6.49. The number of amides is 1. The summed E-state index contributed by atoms with van der Waals surface area (Å²) in [6, 6.07) is 7.52. The van der Waals surface area contributed by atoms with Gasteiger partial charge in [0.25, 0.3) is 0 Å². The minimum atomic E-state index is 0.0777. The molecule has 24 heavy (non-hydrogen) atoms. The Morgan fingerprint density at radius 2 is 2.04 bits per heavy atom. The molecule has 2 heterocycles. The Hall–Kier alpha value is -1.14. The third-order valence-electron chi connectivity index (χ3n) is 4.51. The Morgan fingerprint density at radius 3 is 2.83 bits per heavy atom. The second kappa shape index (κ2) is 8.81. The van der Waals surface area contributed by atoms with E-state index in [4.69, 9.17) is 21.1 Å². The molecule has 2 aliphatic rings. The fourth-order valence-corrected chi connectivity index (χ4v) is 3.45. The summed E-state index contributed by atoms with van der Waals surface area (Å²) >= 11 is 6.01. The molecule has 132 valence electrons. The Balaban J connectivity index is 1.56. The third kappa shape index (κ3) is 5.18. The van der Waals surface area contributed by atoms with Gasteiger partial charge >= 0.3 is 0 Å². The molecule has 0 aromatic heterocycles. The number of halogens is 1. The van der Waals surface area contributed by atoms with E-state index in [1.807, 2.05) is 29.2 Å². The van der Waals surface area contributed by atoms with Gasteiger partial charge in [0.2, 0.25) is 5.91 Å². The van der Waals surface area contributed by atoms with Crippen LogP contribution in [0, 0.1) is 0 Å². The van der Waals surface area contributed by atoms with Crippen molar-refractivity contribution >= 4 is 17.5 Å². The maximum absolute atomic E-state index is 12.7. The van der Waals surface area contributed by atoms with E-state index in [1.165, 1.54) is 0 Å². The van der Waals surface area contributed by atoms with Crippen LogP contribution < -0.4 is 0 Å². The summed E-state index contributed by atoms with van der Waals surface area (Å²) in [5.41, 5.74) is 0.961. The zero-order valence-electron chi connectivity index (χ0n) is 14.0. The predicted molar refractivity (Wildman–Crippen MR) is 93.4 cm³/mol. The van der Waals surface area contributed by atoms with Crippen LogP contribution in [0.4, 0.5) is 0 Å². The molecule has 0 bridgehead atoms. The average molecular weight is 353 g/mol. The summed E-state index contributed by atoms with van der Waals surface area (Å²) in [5.74, 6) is 0.148. The summed E-state index contributed by atoms with van der Waals surface area (Å²) in [4.78, 5) is 17.0. The second-order valence-electron chi connectivity index (χ2n) is 6.41. The van der Waals surface area contributed by atoms with Crippen LogP contribution in [0.1, 0.15) is 12.0 Å². The van der Waals surface area contributed by atoms with Crippen LogP contribution in [0.15, 0.2) is 24.3 Å². The molecular formula is C18H25ClN2O3. The smallest absolute Gasteiger partial charge is 0.227 e. The van der Waals surface area contributed by atoms with Crippen molar-refractivity contribution in [2.45, 2.75) is 18.9 Å². The number of morpholine rings is 1. The lowest BCUT2D eigenvalue weighted by Gasteiger charge is -2.31. The molecule has 3 rings (SSSR count). The molecule has 1 aromatic rings. The molecule has 1 unspecified atom stereocenters. The second-order valence-corrected chi connectivity index (χ2v) is 6.84. The number of hydrogen-bond acceptors (Lipinski definition) is 4. The van der Waals surface area contributed by atoms with Gasteiger partial charge < -0.3 is 14.4 Å². The molecule has 1 amide bonds.